The Balaban J connectivity index is 2.08. The number of H-pyrrole nitrogens is 2. The maximum absolute atomic E-state index is 11.5. The molecule has 2 aromatic rings. The van der Waals surface area contributed by atoms with Crippen molar-refractivity contribution in [3.05, 3.63) is 28.8 Å². The van der Waals surface area contributed by atoms with Crippen LogP contribution in [0, 0.1) is 5.41 Å². The van der Waals surface area contributed by atoms with Crippen molar-refractivity contribution in [3.8, 4) is 11.3 Å². The van der Waals surface area contributed by atoms with E-state index in [9.17, 15) is 4.79 Å². The van der Waals surface area contributed by atoms with E-state index in [0.29, 0.717) is 17.2 Å². The number of rotatable bonds is 4. The zero-order valence-corrected chi connectivity index (χ0v) is 11.4. The summed E-state index contributed by atoms with van der Waals surface area (Å²) in [6.45, 7) is 7.36. The molecule has 0 radical (unpaired) electrons. The predicted molar refractivity (Wildman–Crippen MR) is 75.0 cm³/mol. The summed E-state index contributed by atoms with van der Waals surface area (Å²) in [6.07, 6.45) is 4.27. The van der Waals surface area contributed by atoms with E-state index >= 15 is 0 Å². The molecule has 2 heterocycles. The lowest BCUT2D eigenvalue weighted by molar-refractivity contribution is 0.389. The molecule has 0 spiro atoms. The fourth-order valence-electron chi connectivity index (χ4n) is 1.64. The maximum atomic E-state index is 11.5. The third-order valence-electron chi connectivity index (χ3n) is 2.74. The van der Waals surface area contributed by atoms with Gasteiger partial charge in [0.05, 0.1) is 11.3 Å². The molecule has 0 aliphatic carbocycles. The van der Waals surface area contributed by atoms with Gasteiger partial charge in [-0.15, -0.1) is 0 Å². The fourth-order valence-corrected chi connectivity index (χ4v) is 1.64. The highest BCUT2D eigenvalue weighted by Gasteiger charge is 2.10. The summed E-state index contributed by atoms with van der Waals surface area (Å²) >= 11 is 0. The Bertz CT molecular complexity index is 593. The van der Waals surface area contributed by atoms with E-state index in [1.807, 2.05) is 0 Å². The van der Waals surface area contributed by atoms with Gasteiger partial charge in [0.2, 0.25) is 5.95 Å². The molecule has 0 amide bonds. The highest BCUT2D eigenvalue weighted by atomic mass is 16.1. The maximum Gasteiger partial charge on any atom is 0.273 e. The molecule has 19 heavy (non-hydrogen) atoms. The summed E-state index contributed by atoms with van der Waals surface area (Å²) in [6, 6.07) is 1.72. The Morgan fingerprint density at radius 3 is 2.79 bits per heavy atom. The van der Waals surface area contributed by atoms with Crippen LogP contribution in [0.5, 0.6) is 0 Å². The first-order valence-electron chi connectivity index (χ1n) is 6.29. The number of hydrogen-bond donors (Lipinski definition) is 3. The van der Waals surface area contributed by atoms with Crippen LogP contribution in [-0.4, -0.2) is 26.7 Å². The molecule has 0 aliphatic rings. The zero-order chi connectivity index (χ0) is 13.9. The van der Waals surface area contributed by atoms with Crippen molar-refractivity contribution in [2.45, 2.75) is 27.2 Å². The first-order valence-corrected chi connectivity index (χ1v) is 6.29. The number of hydrogen-bond acceptors (Lipinski definition) is 4. The van der Waals surface area contributed by atoms with Crippen LogP contribution in [0.3, 0.4) is 0 Å². The summed E-state index contributed by atoms with van der Waals surface area (Å²) in [5.74, 6) is 0.544. The van der Waals surface area contributed by atoms with Crippen LogP contribution in [-0.2, 0) is 0 Å². The Hall–Kier alpha value is -2.11. The number of nitrogens with zero attached hydrogens (tertiary/aromatic N) is 2. The van der Waals surface area contributed by atoms with E-state index in [0.717, 1.165) is 13.0 Å². The van der Waals surface area contributed by atoms with Crippen molar-refractivity contribution in [2.24, 2.45) is 5.41 Å². The van der Waals surface area contributed by atoms with Crippen molar-refractivity contribution in [3.63, 3.8) is 0 Å². The van der Waals surface area contributed by atoms with Crippen LogP contribution in [0.25, 0.3) is 11.3 Å². The third-order valence-corrected chi connectivity index (χ3v) is 2.74. The van der Waals surface area contributed by atoms with Crippen molar-refractivity contribution < 1.29 is 0 Å². The van der Waals surface area contributed by atoms with E-state index in [1.165, 1.54) is 0 Å². The third kappa shape index (κ3) is 3.67. The van der Waals surface area contributed by atoms with Gasteiger partial charge in [-0.3, -0.25) is 9.89 Å². The second-order valence-corrected chi connectivity index (χ2v) is 5.66. The molecule has 0 fully saturated rings. The van der Waals surface area contributed by atoms with Crippen LogP contribution in [0.4, 0.5) is 5.95 Å². The van der Waals surface area contributed by atoms with Gasteiger partial charge in [-0.2, -0.15) is 0 Å². The zero-order valence-electron chi connectivity index (χ0n) is 11.4. The fraction of sp³-hybridized carbons (Fsp3) is 0.462. The van der Waals surface area contributed by atoms with Gasteiger partial charge >= 0.3 is 0 Å². The number of aromatic amines is 2. The van der Waals surface area contributed by atoms with Gasteiger partial charge in [0.25, 0.3) is 5.56 Å². The van der Waals surface area contributed by atoms with Gasteiger partial charge in [0.15, 0.2) is 0 Å². The average molecular weight is 261 g/mol. The molecule has 2 rings (SSSR count). The normalized spacial score (nSPS) is 11.5. The molecular weight excluding hydrogens is 242 g/mol. The van der Waals surface area contributed by atoms with Gasteiger partial charge in [0, 0.05) is 18.9 Å². The van der Waals surface area contributed by atoms with Crippen molar-refractivity contribution in [1.29, 1.82) is 0 Å². The van der Waals surface area contributed by atoms with E-state index in [4.69, 9.17) is 0 Å². The molecule has 3 N–H and O–H groups in total. The van der Waals surface area contributed by atoms with Crippen molar-refractivity contribution >= 4 is 5.95 Å². The van der Waals surface area contributed by atoms with Crippen molar-refractivity contribution in [1.82, 2.24) is 20.2 Å². The second-order valence-electron chi connectivity index (χ2n) is 5.66. The molecule has 6 heteroatoms. The Morgan fingerprint density at radius 1 is 1.37 bits per heavy atom. The standard InChI is InChI=1S/C13H19N5O/c1-13(2,3)5-7-15-12-14-6-4-10(17-12)9-8-16-18-11(9)19/h4,6,8H,5,7H2,1-3H3,(H,14,15,17)(H2,16,18,19). The van der Waals surface area contributed by atoms with Crippen LogP contribution in [0.15, 0.2) is 23.3 Å². The topological polar surface area (TPSA) is 86.5 Å². The van der Waals surface area contributed by atoms with E-state index < -0.39 is 0 Å². The number of nitrogens with one attached hydrogen (secondary N) is 3. The molecule has 0 saturated heterocycles. The Kier molecular flexibility index (Phi) is 3.69. The van der Waals surface area contributed by atoms with Gasteiger partial charge < -0.3 is 10.4 Å². The van der Waals surface area contributed by atoms with Crippen LogP contribution >= 0.6 is 0 Å². The molecule has 102 valence electrons. The predicted octanol–water partition coefficient (Wildman–Crippen LogP) is 2.01. The Labute approximate surface area is 111 Å². The van der Waals surface area contributed by atoms with Gasteiger partial charge in [-0.1, -0.05) is 20.8 Å². The lowest BCUT2D eigenvalue weighted by Crippen LogP contribution is -2.14. The van der Waals surface area contributed by atoms with Crippen LogP contribution < -0.4 is 10.9 Å². The first kappa shape index (κ1) is 13.3. The van der Waals surface area contributed by atoms with Gasteiger partial charge in [0.1, 0.15) is 0 Å². The molecule has 0 atom stereocenters. The molecule has 0 aromatic carbocycles. The lowest BCUT2D eigenvalue weighted by Gasteiger charge is -2.17. The molecule has 0 unspecified atom stereocenters. The largest absolute Gasteiger partial charge is 0.354 e. The molecule has 0 saturated carbocycles. The van der Waals surface area contributed by atoms with E-state index in [-0.39, 0.29) is 11.0 Å². The number of aromatic nitrogens is 4. The summed E-state index contributed by atoms with van der Waals surface area (Å²) in [7, 11) is 0. The van der Waals surface area contributed by atoms with Gasteiger partial charge in [-0.05, 0) is 17.9 Å². The minimum atomic E-state index is -0.181. The van der Waals surface area contributed by atoms with Crippen molar-refractivity contribution in [2.75, 3.05) is 11.9 Å². The SMILES string of the molecule is CC(C)(C)CCNc1nccc(-c2c[nH][nH]c2=O)n1. The van der Waals surface area contributed by atoms with E-state index in [1.54, 1.807) is 18.5 Å². The summed E-state index contributed by atoms with van der Waals surface area (Å²) in [5.41, 5.74) is 1.21. The minimum absolute atomic E-state index is 0.181. The number of anilines is 1. The summed E-state index contributed by atoms with van der Waals surface area (Å²) in [5, 5.41) is 8.33. The smallest absolute Gasteiger partial charge is 0.273 e. The van der Waals surface area contributed by atoms with Crippen LogP contribution in [0.2, 0.25) is 0 Å². The van der Waals surface area contributed by atoms with Gasteiger partial charge in [-0.25, -0.2) is 9.97 Å². The minimum Gasteiger partial charge on any atom is -0.354 e. The Morgan fingerprint density at radius 2 is 2.16 bits per heavy atom. The monoisotopic (exact) mass is 261 g/mol. The van der Waals surface area contributed by atoms with Crippen LogP contribution in [0.1, 0.15) is 27.2 Å². The molecule has 6 nitrogen and oxygen atoms in total. The van der Waals surface area contributed by atoms with E-state index in [2.05, 4.69) is 46.3 Å². The highest BCUT2D eigenvalue weighted by molar-refractivity contribution is 5.57. The molecule has 0 bridgehead atoms. The lowest BCUT2D eigenvalue weighted by atomic mass is 9.92. The summed E-state index contributed by atoms with van der Waals surface area (Å²) < 4.78 is 0. The second kappa shape index (κ2) is 5.26. The molecular formula is C13H19N5O. The molecule has 2 aromatic heterocycles. The first-order chi connectivity index (χ1) is 8.96. The summed E-state index contributed by atoms with van der Waals surface area (Å²) in [4.78, 5) is 20.0. The quantitative estimate of drug-likeness (QED) is 0.785. The molecule has 0 aliphatic heterocycles. The highest BCUT2D eigenvalue weighted by Crippen LogP contribution is 2.18. The average Bonchev–Trinajstić information content (AvgIpc) is 2.74.